The van der Waals surface area contributed by atoms with Gasteiger partial charge in [-0.05, 0) is 93.1 Å². The first-order chi connectivity index (χ1) is 26.2. The van der Waals surface area contributed by atoms with E-state index in [0.717, 1.165) is 77.2 Å². The Morgan fingerprint density at radius 1 is 1.02 bits per heavy atom. The van der Waals surface area contributed by atoms with Gasteiger partial charge in [-0.25, -0.2) is 0 Å². The summed E-state index contributed by atoms with van der Waals surface area (Å²) >= 11 is 0. The molecule has 6 rings (SSSR count). The maximum atomic E-state index is 13.5. The van der Waals surface area contributed by atoms with E-state index in [0.29, 0.717) is 42.8 Å². The molecule has 0 aliphatic carbocycles. The molecule has 1 amide bonds. The third-order valence-electron chi connectivity index (χ3n) is 10.8. The first-order valence-electron chi connectivity index (χ1n) is 18.1. The maximum Gasteiger partial charge on any atom is 0.417 e. The lowest BCUT2D eigenvalue weighted by atomic mass is 9.92. The molecule has 2 aliphatic rings. The Labute approximate surface area is 318 Å². The number of carbonyl (C=O) groups is 1. The number of nitriles is 1. The van der Waals surface area contributed by atoms with Crippen LogP contribution >= 0.6 is 0 Å². The van der Waals surface area contributed by atoms with Gasteiger partial charge in [0.05, 0.1) is 37.1 Å². The average Bonchev–Trinajstić information content (AvgIpc) is 3.18. The van der Waals surface area contributed by atoms with E-state index in [1.807, 2.05) is 63.4 Å². The SMILES string of the molecule is COc1cc(-c2cn(C)c(=O)c(C)c2C)cc(OC)c1CN1CCC(Oc2cccc3c2CCN(C(=O)/C(C#N)=C/c2ccc(C(F)(F)F)cn2)C3C)CC1. The van der Waals surface area contributed by atoms with Gasteiger partial charge < -0.3 is 23.7 Å². The van der Waals surface area contributed by atoms with Crippen molar-refractivity contribution in [2.75, 3.05) is 33.9 Å². The van der Waals surface area contributed by atoms with Crippen LogP contribution in [0.5, 0.6) is 17.2 Å². The van der Waals surface area contributed by atoms with E-state index in [4.69, 9.17) is 14.2 Å². The van der Waals surface area contributed by atoms with Gasteiger partial charge in [0.2, 0.25) is 0 Å². The molecule has 0 bridgehead atoms. The Hall–Kier alpha value is -5.61. The molecule has 288 valence electrons. The highest BCUT2D eigenvalue weighted by atomic mass is 19.4. The Balaban J connectivity index is 1.11. The van der Waals surface area contributed by atoms with Crippen LogP contribution in [0.3, 0.4) is 0 Å². The van der Waals surface area contributed by atoms with Gasteiger partial charge in [-0.1, -0.05) is 12.1 Å². The fourth-order valence-electron chi connectivity index (χ4n) is 7.48. The molecule has 4 aromatic rings. The van der Waals surface area contributed by atoms with Crippen molar-refractivity contribution in [3.8, 4) is 34.4 Å². The van der Waals surface area contributed by atoms with Gasteiger partial charge in [-0.15, -0.1) is 0 Å². The summed E-state index contributed by atoms with van der Waals surface area (Å²) in [5, 5.41) is 9.80. The molecular weight excluding hydrogens is 711 g/mol. The van der Waals surface area contributed by atoms with Crippen LogP contribution < -0.4 is 19.8 Å². The van der Waals surface area contributed by atoms with Crippen molar-refractivity contribution >= 4 is 12.0 Å². The predicted octanol–water partition coefficient (Wildman–Crippen LogP) is 7.20. The zero-order valence-corrected chi connectivity index (χ0v) is 31.8. The molecule has 0 N–H and O–H groups in total. The molecule has 10 nitrogen and oxygen atoms in total. The minimum atomic E-state index is -4.54. The zero-order valence-electron chi connectivity index (χ0n) is 31.8. The number of halogens is 3. The van der Waals surface area contributed by atoms with Gasteiger partial charge in [0, 0.05) is 62.3 Å². The topological polar surface area (TPSA) is 110 Å². The Kier molecular flexibility index (Phi) is 11.4. The quantitative estimate of drug-likeness (QED) is 0.130. The number of benzene rings is 2. The largest absolute Gasteiger partial charge is 0.496 e. The molecule has 1 unspecified atom stereocenters. The normalized spacial score (nSPS) is 16.7. The standard InChI is InChI=1S/C42H44F3N5O5/c1-25-26(2)40(51)48(4)23-35(25)28-19-38(53-5)36(39(20-28)54-6)24-49-15-12-32(13-16-49)55-37-9-7-8-33-27(3)50(17-14-34(33)37)41(52)29(21-46)18-31-11-10-30(22-47-31)42(43,44)45/h7-11,18-20,22-23,27,32H,12-17,24H2,1-6H3/b29-18+. The Bertz CT molecular complexity index is 2190. The number of hydrogen-bond donors (Lipinski definition) is 0. The number of likely N-dealkylation sites (tertiary alicyclic amines) is 1. The highest BCUT2D eigenvalue weighted by molar-refractivity contribution is 6.01. The first-order valence-corrected chi connectivity index (χ1v) is 18.1. The van der Waals surface area contributed by atoms with Crippen molar-refractivity contribution < 1.29 is 32.2 Å². The Morgan fingerprint density at radius 2 is 1.71 bits per heavy atom. The fourth-order valence-corrected chi connectivity index (χ4v) is 7.48. The molecule has 0 saturated carbocycles. The molecule has 1 atom stereocenters. The van der Waals surface area contributed by atoms with Crippen LogP contribution in [0.1, 0.15) is 64.9 Å². The van der Waals surface area contributed by atoms with E-state index < -0.39 is 17.6 Å². The smallest absolute Gasteiger partial charge is 0.417 e. The van der Waals surface area contributed by atoms with Gasteiger partial charge in [-0.2, -0.15) is 18.4 Å². The molecule has 4 heterocycles. The van der Waals surface area contributed by atoms with Crippen LogP contribution in [0.4, 0.5) is 13.2 Å². The number of aryl methyl sites for hydroxylation is 1. The summed E-state index contributed by atoms with van der Waals surface area (Å²) in [6, 6.07) is 13.4. The molecule has 2 aromatic carbocycles. The van der Waals surface area contributed by atoms with Crippen molar-refractivity contribution in [3.63, 3.8) is 0 Å². The molecule has 2 aromatic heterocycles. The maximum absolute atomic E-state index is 13.5. The number of nitrogens with zero attached hydrogens (tertiary/aromatic N) is 5. The molecular formula is C42H44F3N5O5. The molecule has 1 saturated heterocycles. The van der Waals surface area contributed by atoms with Crippen molar-refractivity contribution in [1.29, 1.82) is 5.26 Å². The van der Waals surface area contributed by atoms with Crippen LogP contribution in [0.15, 0.2) is 65.2 Å². The second kappa shape index (κ2) is 16.0. The fraction of sp³-hybridized carbons (Fsp3) is 0.381. The summed E-state index contributed by atoms with van der Waals surface area (Å²) in [6.45, 7) is 8.24. The minimum Gasteiger partial charge on any atom is -0.496 e. The van der Waals surface area contributed by atoms with Crippen molar-refractivity contribution in [2.24, 2.45) is 7.05 Å². The number of fused-ring (bicyclic) bond motifs is 1. The summed E-state index contributed by atoms with van der Waals surface area (Å²) in [5.74, 6) is 1.69. The molecule has 13 heteroatoms. The number of ether oxygens (including phenoxy) is 3. The monoisotopic (exact) mass is 755 g/mol. The molecule has 55 heavy (non-hydrogen) atoms. The van der Waals surface area contributed by atoms with Crippen molar-refractivity contribution in [2.45, 2.75) is 64.9 Å². The number of methoxy groups -OCH3 is 2. The minimum absolute atomic E-state index is 0.0100. The second-order valence-electron chi connectivity index (χ2n) is 14.0. The number of pyridine rings is 2. The summed E-state index contributed by atoms with van der Waals surface area (Å²) < 4.78 is 58.9. The lowest BCUT2D eigenvalue weighted by molar-refractivity contribution is -0.137. The van der Waals surface area contributed by atoms with Gasteiger partial charge in [-0.3, -0.25) is 19.5 Å². The number of rotatable bonds is 9. The highest BCUT2D eigenvalue weighted by Crippen LogP contribution is 2.39. The van der Waals surface area contributed by atoms with Crippen LogP contribution in [0.25, 0.3) is 17.2 Å². The van der Waals surface area contributed by atoms with Gasteiger partial charge in [0.25, 0.3) is 11.5 Å². The summed E-state index contributed by atoms with van der Waals surface area (Å²) in [6.07, 6.45) is 1.33. The van der Waals surface area contributed by atoms with Gasteiger partial charge in [0.1, 0.15) is 35.0 Å². The van der Waals surface area contributed by atoms with E-state index in [2.05, 4.69) is 9.88 Å². The first kappa shape index (κ1) is 39.1. The van der Waals surface area contributed by atoms with Crippen LogP contribution in [-0.4, -0.2) is 65.2 Å². The number of carbonyl (C=O) groups excluding carboxylic acids is 1. The summed E-state index contributed by atoms with van der Waals surface area (Å²) in [7, 11) is 5.05. The third-order valence-corrected chi connectivity index (χ3v) is 10.8. The van der Waals surface area contributed by atoms with E-state index in [1.54, 1.807) is 30.7 Å². The average molecular weight is 756 g/mol. The van der Waals surface area contributed by atoms with E-state index >= 15 is 0 Å². The van der Waals surface area contributed by atoms with E-state index in [9.17, 15) is 28.0 Å². The van der Waals surface area contributed by atoms with Gasteiger partial charge in [0.15, 0.2) is 0 Å². The Morgan fingerprint density at radius 3 is 2.31 bits per heavy atom. The second-order valence-corrected chi connectivity index (χ2v) is 14.0. The third kappa shape index (κ3) is 8.10. The molecule has 2 aliphatic heterocycles. The summed E-state index contributed by atoms with van der Waals surface area (Å²) in [5.41, 5.74) is 5.30. The molecule has 0 radical (unpaired) electrons. The number of hydrogen-bond acceptors (Lipinski definition) is 8. The summed E-state index contributed by atoms with van der Waals surface area (Å²) in [4.78, 5) is 33.8. The molecule has 0 spiro atoms. The number of aromatic nitrogens is 2. The van der Waals surface area contributed by atoms with Crippen LogP contribution in [0.2, 0.25) is 0 Å². The lowest BCUT2D eigenvalue weighted by Crippen LogP contribution is -2.40. The van der Waals surface area contributed by atoms with E-state index in [-0.39, 0.29) is 29.0 Å². The number of piperidine rings is 1. The molecule has 1 fully saturated rings. The van der Waals surface area contributed by atoms with Gasteiger partial charge >= 0.3 is 6.18 Å². The number of alkyl halides is 3. The highest BCUT2D eigenvalue weighted by Gasteiger charge is 2.33. The van der Waals surface area contributed by atoms with E-state index in [1.165, 1.54) is 6.08 Å². The van der Waals surface area contributed by atoms with Crippen molar-refractivity contribution in [3.05, 3.63) is 110 Å². The predicted molar refractivity (Wildman–Crippen MR) is 202 cm³/mol. The van der Waals surface area contributed by atoms with Crippen molar-refractivity contribution in [1.82, 2.24) is 19.4 Å². The number of amides is 1. The van der Waals surface area contributed by atoms with Crippen LogP contribution in [0, 0.1) is 25.2 Å². The van der Waals surface area contributed by atoms with Crippen LogP contribution in [-0.2, 0) is 31.0 Å². The lowest BCUT2D eigenvalue weighted by Gasteiger charge is -2.37. The zero-order chi connectivity index (χ0) is 39.6.